The van der Waals surface area contributed by atoms with E-state index < -0.39 is 10.8 Å². The van der Waals surface area contributed by atoms with Gasteiger partial charge in [-0.25, -0.2) is 0 Å². The van der Waals surface area contributed by atoms with Gasteiger partial charge in [0.05, 0.1) is 25.3 Å². The SMILES string of the molecule is COc1cc(C)c(NC(=O)c2cc([N+](=O)[O-])cn2C)cc1OC. The van der Waals surface area contributed by atoms with Gasteiger partial charge in [0.1, 0.15) is 5.69 Å². The van der Waals surface area contributed by atoms with Crippen LogP contribution in [0.3, 0.4) is 0 Å². The summed E-state index contributed by atoms with van der Waals surface area (Å²) >= 11 is 0. The minimum absolute atomic E-state index is 0.137. The number of hydrogen-bond donors (Lipinski definition) is 1. The van der Waals surface area contributed by atoms with Gasteiger partial charge in [-0.1, -0.05) is 0 Å². The summed E-state index contributed by atoms with van der Waals surface area (Å²) in [4.78, 5) is 22.6. The minimum atomic E-state index is -0.543. The summed E-state index contributed by atoms with van der Waals surface area (Å²) in [6.07, 6.45) is 1.29. The number of aromatic nitrogens is 1. The first-order valence-corrected chi connectivity index (χ1v) is 6.72. The normalized spacial score (nSPS) is 10.3. The molecule has 2 rings (SSSR count). The molecule has 1 aromatic carbocycles. The summed E-state index contributed by atoms with van der Waals surface area (Å²) in [5.41, 5.74) is 1.36. The van der Waals surface area contributed by atoms with Gasteiger partial charge in [0.15, 0.2) is 11.5 Å². The predicted molar refractivity (Wildman–Crippen MR) is 84.3 cm³/mol. The van der Waals surface area contributed by atoms with Crippen LogP contribution in [0.15, 0.2) is 24.4 Å². The van der Waals surface area contributed by atoms with E-state index in [1.54, 1.807) is 19.2 Å². The van der Waals surface area contributed by atoms with Gasteiger partial charge in [0.25, 0.3) is 11.6 Å². The highest BCUT2D eigenvalue weighted by Crippen LogP contribution is 2.33. The molecule has 1 N–H and O–H groups in total. The number of aryl methyl sites for hydroxylation is 2. The molecule has 1 amide bonds. The third kappa shape index (κ3) is 3.25. The van der Waals surface area contributed by atoms with E-state index in [2.05, 4.69) is 5.32 Å². The number of carbonyl (C=O) groups excluding carboxylic acids is 1. The molecule has 0 saturated heterocycles. The van der Waals surface area contributed by atoms with Crippen molar-refractivity contribution < 1.29 is 19.2 Å². The number of nitrogens with one attached hydrogen (secondary N) is 1. The Morgan fingerprint density at radius 3 is 2.35 bits per heavy atom. The van der Waals surface area contributed by atoms with E-state index in [-0.39, 0.29) is 11.4 Å². The Labute approximate surface area is 132 Å². The number of ether oxygens (including phenoxy) is 2. The fourth-order valence-corrected chi connectivity index (χ4v) is 2.17. The molecule has 0 fully saturated rings. The van der Waals surface area contributed by atoms with Crippen LogP contribution in [0.2, 0.25) is 0 Å². The Morgan fingerprint density at radius 2 is 1.83 bits per heavy atom. The van der Waals surface area contributed by atoms with E-state index in [0.717, 1.165) is 5.56 Å². The maximum absolute atomic E-state index is 12.4. The van der Waals surface area contributed by atoms with Gasteiger partial charge < -0.3 is 19.4 Å². The van der Waals surface area contributed by atoms with Gasteiger partial charge in [-0.2, -0.15) is 0 Å². The molecule has 8 heteroatoms. The number of amides is 1. The molecule has 0 unspecified atom stereocenters. The lowest BCUT2D eigenvalue weighted by Crippen LogP contribution is -2.16. The van der Waals surface area contributed by atoms with Crippen molar-refractivity contribution >= 4 is 17.3 Å². The third-order valence-corrected chi connectivity index (χ3v) is 3.41. The summed E-state index contributed by atoms with van der Waals surface area (Å²) in [7, 11) is 4.60. The van der Waals surface area contributed by atoms with Gasteiger partial charge in [-0.15, -0.1) is 0 Å². The van der Waals surface area contributed by atoms with E-state index >= 15 is 0 Å². The lowest BCUT2D eigenvalue weighted by molar-refractivity contribution is -0.384. The third-order valence-electron chi connectivity index (χ3n) is 3.41. The van der Waals surface area contributed by atoms with Crippen molar-refractivity contribution in [3.8, 4) is 11.5 Å². The van der Waals surface area contributed by atoms with Crippen LogP contribution in [-0.4, -0.2) is 29.6 Å². The molecule has 8 nitrogen and oxygen atoms in total. The van der Waals surface area contributed by atoms with Crippen LogP contribution in [0.4, 0.5) is 11.4 Å². The maximum Gasteiger partial charge on any atom is 0.287 e. The van der Waals surface area contributed by atoms with Gasteiger partial charge in [0.2, 0.25) is 0 Å². The number of methoxy groups -OCH3 is 2. The molecule has 23 heavy (non-hydrogen) atoms. The molecule has 0 radical (unpaired) electrons. The smallest absolute Gasteiger partial charge is 0.287 e. The molecule has 0 aliphatic rings. The van der Waals surface area contributed by atoms with E-state index in [4.69, 9.17) is 9.47 Å². The lowest BCUT2D eigenvalue weighted by Gasteiger charge is -2.13. The van der Waals surface area contributed by atoms with Crippen molar-refractivity contribution in [1.82, 2.24) is 4.57 Å². The first kappa shape index (κ1) is 16.3. The predicted octanol–water partition coefficient (Wildman–Crippen LogP) is 2.51. The summed E-state index contributed by atoms with van der Waals surface area (Å²) in [6, 6.07) is 4.61. The van der Waals surface area contributed by atoms with E-state index in [9.17, 15) is 14.9 Å². The van der Waals surface area contributed by atoms with Gasteiger partial charge in [0, 0.05) is 24.9 Å². The summed E-state index contributed by atoms with van der Waals surface area (Å²) in [5, 5.41) is 13.5. The lowest BCUT2D eigenvalue weighted by atomic mass is 10.1. The largest absolute Gasteiger partial charge is 0.493 e. The number of anilines is 1. The first-order chi connectivity index (χ1) is 10.9. The molecule has 0 saturated carbocycles. The number of benzene rings is 1. The van der Waals surface area contributed by atoms with Crippen molar-refractivity contribution in [3.05, 3.63) is 45.8 Å². The van der Waals surface area contributed by atoms with Gasteiger partial charge in [-0.3, -0.25) is 14.9 Å². The maximum atomic E-state index is 12.4. The van der Waals surface area contributed by atoms with Crippen LogP contribution in [-0.2, 0) is 7.05 Å². The fraction of sp³-hybridized carbons (Fsp3) is 0.267. The molecule has 0 atom stereocenters. The van der Waals surface area contributed by atoms with E-state index in [1.165, 1.54) is 31.0 Å². The molecule has 0 bridgehead atoms. The van der Waals surface area contributed by atoms with E-state index in [1.807, 2.05) is 6.92 Å². The summed E-state index contributed by atoms with van der Waals surface area (Å²) < 4.78 is 11.8. The van der Waals surface area contributed by atoms with Crippen LogP contribution in [0.5, 0.6) is 11.5 Å². The molecule has 0 aliphatic carbocycles. The fourth-order valence-electron chi connectivity index (χ4n) is 2.17. The standard InChI is InChI=1S/C15H17N3O5/c1-9-5-13(22-3)14(23-4)7-11(9)16-15(19)12-6-10(18(20)21)8-17(12)2/h5-8H,1-4H3,(H,16,19). The van der Waals surface area contributed by atoms with Crippen LogP contribution >= 0.6 is 0 Å². The highest BCUT2D eigenvalue weighted by atomic mass is 16.6. The second kappa shape index (κ2) is 6.39. The quantitative estimate of drug-likeness (QED) is 0.675. The topological polar surface area (TPSA) is 95.6 Å². The molecule has 1 heterocycles. The van der Waals surface area contributed by atoms with Crippen molar-refractivity contribution in [1.29, 1.82) is 0 Å². The second-order valence-electron chi connectivity index (χ2n) is 4.93. The van der Waals surface area contributed by atoms with Crippen molar-refractivity contribution in [2.75, 3.05) is 19.5 Å². The number of carbonyl (C=O) groups is 1. The van der Waals surface area contributed by atoms with Crippen LogP contribution in [0, 0.1) is 17.0 Å². The van der Waals surface area contributed by atoms with Gasteiger partial charge >= 0.3 is 0 Å². The number of nitro groups is 1. The van der Waals surface area contributed by atoms with Crippen LogP contribution < -0.4 is 14.8 Å². The molecule has 122 valence electrons. The highest BCUT2D eigenvalue weighted by molar-refractivity contribution is 6.04. The molecule has 0 aliphatic heterocycles. The summed E-state index contributed by atoms with van der Waals surface area (Å²) in [6.45, 7) is 1.81. The van der Waals surface area contributed by atoms with Crippen molar-refractivity contribution in [3.63, 3.8) is 0 Å². The average Bonchev–Trinajstić information content (AvgIpc) is 2.91. The average molecular weight is 319 g/mol. The summed E-state index contributed by atoms with van der Waals surface area (Å²) in [5.74, 6) is 0.583. The van der Waals surface area contributed by atoms with Gasteiger partial charge in [-0.05, 0) is 18.6 Å². The Bertz CT molecular complexity index is 767. The van der Waals surface area contributed by atoms with Crippen molar-refractivity contribution in [2.45, 2.75) is 6.92 Å². The highest BCUT2D eigenvalue weighted by Gasteiger charge is 2.19. The Hall–Kier alpha value is -3.03. The molecule has 1 aromatic heterocycles. The Kier molecular flexibility index (Phi) is 4.54. The number of nitrogens with zero attached hydrogens (tertiary/aromatic N) is 2. The zero-order valence-electron chi connectivity index (χ0n) is 13.2. The number of hydrogen-bond acceptors (Lipinski definition) is 5. The monoisotopic (exact) mass is 319 g/mol. The Balaban J connectivity index is 2.32. The second-order valence-corrected chi connectivity index (χ2v) is 4.93. The molecular formula is C15H17N3O5. The minimum Gasteiger partial charge on any atom is -0.493 e. The molecule has 2 aromatic rings. The Morgan fingerprint density at radius 1 is 1.22 bits per heavy atom. The molecule has 0 spiro atoms. The van der Waals surface area contributed by atoms with Crippen LogP contribution in [0.25, 0.3) is 0 Å². The zero-order chi connectivity index (χ0) is 17.1. The zero-order valence-corrected chi connectivity index (χ0v) is 13.2. The van der Waals surface area contributed by atoms with E-state index in [0.29, 0.717) is 17.2 Å². The molecular weight excluding hydrogens is 302 g/mol. The number of rotatable bonds is 5. The first-order valence-electron chi connectivity index (χ1n) is 6.72. The van der Waals surface area contributed by atoms with Crippen molar-refractivity contribution in [2.24, 2.45) is 7.05 Å². The van der Waals surface area contributed by atoms with Crippen LogP contribution in [0.1, 0.15) is 16.1 Å².